The number of rotatable bonds is 9. The monoisotopic (exact) mass is 748 g/mol. The van der Waals surface area contributed by atoms with Crippen LogP contribution in [0.4, 0.5) is 0 Å². The van der Waals surface area contributed by atoms with Crippen molar-refractivity contribution in [1.29, 1.82) is 0 Å². The number of hydrogen-bond acceptors (Lipinski definition) is 2. The van der Waals surface area contributed by atoms with Crippen molar-refractivity contribution in [2.24, 2.45) is 5.73 Å². The van der Waals surface area contributed by atoms with Gasteiger partial charge >= 0.3 is 0 Å². The molecule has 58 heavy (non-hydrogen) atoms. The highest BCUT2D eigenvalue weighted by Crippen LogP contribution is 2.42. The molecule has 3 aromatic heterocycles. The molecule has 4 heteroatoms. The number of fused-ring (bicyclic) bond motifs is 7. The summed E-state index contributed by atoms with van der Waals surface area (Å²) < 4.78 is 4.85. The van der Waals surface area contributed by atoms with Gasteiger partial charge in [-0.2, -0.15) is 0 Å². The van der Waals surface area contributed by atoms with Gasteiger partial charge in [-0.25, -0.2) is 4.98 Å². The van der Waals surface area contributed by atoms with E-state index in [1.807, 2.05) is 0 Å². The maximum Gasteiger partial charge on any atom is 0.0709 e. The van der Waals surface area contributed by atoms with Gasteiger partial charge in [0.15, 0.2) is 0 Å². The summed E-state index contributed by atoms with van der Waals surface area (Å²) in [5, 5.41) is 4.99. The fourth-order valence-corrected chi connectivity index (χ4v) is 8.80. The second-order valence-electron chi connectivity index (χ2n) is 15.4. The summed E-state index contributed by atoms with van der Waals surface area (Å²) in [7, 11) is 0. The van der Waals surface area contributed by atoms with E-state index in [0.717, 1.165) is 40.3 Å². The van der Waals surface area contributed by atoms with E-state index in [4.69, 9.17) is 10.7 Å². The summed E-state index contributed by atoms with van der Waals surface area (Å²) >= 11 is 0. The predicted molar refractivity (Wildman–Crippen MR) is 244 cm³/mol. The van der Waals surface area contributed by atoms with E-state index in [1.54, 1.807) is 0 Å². The number of hydrogen-bond donors (Lipinski definition) is 1. The van der Waals surface area contributed by atoms with Crippen LogP contribution in [0.5, 0.6) is 0 Å². The summed E-state index contributed by atoms with van der Waals surface area (Å²) in [6.45, 7) is 4.28. The van der Waals surface area contributed by atoms with Gasteiger partial charge in [0, 0.05) is 44.5 Å². The van der Waals surface area contributed by atoms with Crippen molar-refractivity contribution in [3.8, 4) is 22.6 Å². The average Bonchev–Trinajstić information content (AvgIpc) is 3.79. The van der Waals surface area contributed by atoms with E-state index < -0.39 is 0 Å². The van der Waals surface area contributed by atoms with Crippen molar-refractivity contribution in [2.75, 3.05) is 0 Å². The fraction of sp³-hybridized carbons (Fsp3) is 0.0926. The van der Waals surface area contributed by atoms with Gasteiger partial charge in [-0.05, 0) is 104 Å². The van der Waals surface area contributed by atoms with Crippen molar-refractivity contribution in [3.05, 3.63) is 216 Å². The van der Waals surface area contributed by atoms with E-state index in [9.17, 15) is 0 Å². The van der Waals surface area contributed by atoms with Crippen molar-refractivity contribution in [2.45, 2.75) is 32.7 Å². The average molecular weight is 749 g/mol. The second-order valence-corrected chi connectivity index (χ2v) is 15.4. The van der Waals surface area contributed by atoms with Crippen molar-refractivity contribution in [3.63, 3.8) is 0 Å². The first-order valence-corrected chi connectivity index (χ1v) is 20.2. The summed E-state index contributed by atoms with van der Waals surface area (Å²) in [5.74, 6) is 0. The zero-order valence-corrected chi connectivity index (χ0v) is 32.8. The van der Waals surface area contributed by atoms with Gasteiger partial charge in [0.1, 0.15) is 0 Å². The lowest BCUT2D eigenvalue weighted by Crippen LogP contribution is -2.13. The highest BCUT2D eigenvalue weighted by atomic mass is 15.0. The normalized spacial score (nSPS) is 12.6. The molecule has 1 unspecified atom stereocenters. The van der Waals surface area contributed by atoms with Crippen molar-refractivity contribution < 1.29 is 0 Å². The predicted octanol–water partition coefficient (Wildman–Crippen LogP) is 13.3. The molecule has 0 spiro atoms. The largest absolute Gasteiger partial charge is 0.324 e. The highest BCUT2D eigenvalue weighted by molar-refractivity contribution is 6.26. The Labute approximate surface area is 339 Å². The first kappa shape index (κ1) is 35.4. The van der Waals surface area contributed by atoms with Crippen molar-refractivity contribution in [1.82, 2.24) is 14.1 Å². The van der Waals surface area contributed by atoms with Crippen LogP contribution in [-0.4, -0.2) is 14.1 Å². The molecule has 7 aromatic carbocycles. The second kappa shape index (κ2) is 14.8. The molecule has 3 heterocycles. The van der Waals surface area contributed by atoms with Crippen LogP contribution < -0.4 is 5.73 Å². The quantitative estimate of drug-likeness (QED) is 0.160. The van der Waals surface area contributed by atoms with Crippen molar-refractivity contribution >= 4 is 49.2 Å². The van der Waals surface area contributed by atoms with E-state index in [-0.39, 0.29) is 6.04 Å². The van der Waals surface area contributed by atoms with Gasteiger partial charge in [-0.1, -0.05) is 139 Å². The Morgan fingerprint density at radius 2 is 1.22 bits per heavy atom. The Morgan fingerprint density at radius 1 is 0.569 bits per heavy atom. The Hall–Kier alpha value is -7.01. The SMILES string of the molecule is Cc1ccc(-n2c3ccccc3c3ccc4c(c5ccccc5n4-c4ccc(-c5cccc(/C(=C/Cc6ccccc6)CC(N)c6ccccc6C)n5)cc4)c32)cc1. The number of aryl methyl sites for hydroxylation is 2. The van der Waals surface area contributed by atoms with E-state index in [2.05, 4.69) is 211 Å². The molecule has 1 atom stereocenters. The topological polar surface area (TPSA) is 48.8 Å². The molecule has 0 amide bonds. The first-order valence-electron chi connectivity index (χ1n) is 20.2. The summed E-state index contributed by atoms with van der Waals surface area (Å²) in [6, 6.07) is 65.1. The van der Waals surface area contributed by atoms with Gasteiger partial charge < -0.3 is 14.9 Å². The number of nitrogens with two attached hydrogens (primary N) is 1. The van der Waals surface area contributed by atoms with Gasteiger partial charge in [-0.3, -0.25) is 0 Å². The first-order chi connectivity index (χ1) is 28.5. The Morgan fingerprint density at radius 3 is 2.00 bits per heavy atom. The van der Waals surface area contributed by atoms with Gasteiger partial charge in [0.2, 0.25) is 0 Å². The molecule has 0 bridgehead atoms. The molecule has 0 aliphatic carbocycles. The summed E-state index contributed by atoms with van der Waals surface area (Å²) in [5.41, 5.74) is 23.0. The molecule has 280 valence electrons. The molecule has 0 fully saturated rings. The molecule has 0 radical (unpaired) electrons. The minimum absolute atomic E-state index is 0.140. The minimum atomic E-state index is -0.140. The Bertz CT molecular complexity index is 3130. The number of aromatic nitrogens is 3. The third-order valence-corrected chi connectivity index (χ3v) is 11.7. The van der Waals surface area contributed by atoms with Crippen LogP contribution in [0.2, 0.25) is 0 Å². The lowest BCUT2D eigenvalue weighted by molar-refractivity contribution is 0.742. The molecule has 0 saturated heterocycles. The number of allylic oxidation sites excluding steroid dienone is 1. The standard InChI is InChI=1S/C54H44N4/c1-36-23-29-42(30-24-36)58-50-21-10-8-17-44(50)45-33-34-52-53(54(45)58)46-18-9-11-22-51(46)57(52)41-31-27-39(28-32-41)48-19-12-20-49(56-48)40(26-25-38-14-4-3-5-15-38)35-47(55)43-16-7-6-13-37(43)2/h3-24,26-34,47H,25,35,55H2,1-2H3/b40-26+. The lowest BCUT2D eigenvalue weighted by atomic mass is 9.93. The third-order valence-electron chi connectivity index (χ3n) is 11.7. The Balaban J connectivity index is 1.06. The van der Waals surface area contributed by atoms with Gasteiger partial charge in [-0.15, -0.1) is 0 Å². The maximum atomic E-state index is 6.92. The van der Waals surface area contributed by atoms with E-state index >= 15 is 0 Å². The van der Waals surface area contributed by atoms with Crippen LogP contribution in [-0.2, 0) is 6.42 Å². The van der Waals surface area contributed by atoms with Gasteiger partial charge in [0.05, 0.1) is 33.5 Å². The third kappa shape index (κ3) is 6.28. The summed E-state index contributed by atoms with van der Waals surface area (Å²) in [4.78, 5) is 5.28. The molecular formula is C54H44N4. The van der Waals surface area contributed by atoms with Crippen LogP contribution >= 0.6 is 0 Å². The molecular weight excluding hydrogens is 705 g/mol. The molecule has 10 rings (SSSR count). The number of para-hydroxylation sites is 2. The molecule has 0 aliphatic rings. The van der Waals surface area contributed by atoms with Gasteiger partial charge in [0.25, 0.3) is 0 Å². The molecule has 10 aromatic rings. The zero-order chi connectivity index (χ0) is 39.2. The van der Waals surface area contributed by atoms with E-state index in [1.165, 1.54) is 65.9 Å². The molecule has 2 N–H and O–H groups in total. The van der Waals surface area contributed by atoms with Crippen LogP contribution in [0.3, 0.4) is 0 Å². The van der Waals surface area contributed by atoms with Crippen LogP contribution in [0.1, 0.15) is 40.4 Å². The number of benzene rings is 7. The minimum Gasteiger partial charge on any atom is -0.324 e. The van der Waals surface area contributed by atoms with Crippen LogP contribution in [0, 0.1) is 13.8 Å². The maximum absolute atomic E-state index is 6.92. The number of nitrogens with zero attached hydrogens (tertiary/aromatic N) is 3. The smallest absolute Gasteiger partial charge is 0.0709 e. The Kier molecular flexibility index (Phi) is 9.04. The van der Waals surface area contributed by atoms with Crippen LogP contribution in [0.15, 0.2) is 188 Å². The van der Waals surface area contributed by atoms with Crippen LogP contribution in [0.25, 0.3) is 71.8 Å². The molecule has 0 saturated carbocycles. The lowest BCUT2D eigenvalue weighted by Gasteiger charge is -2.18. The number of pyridine rings is 1. The molecule has 0 aliphatic heterocycles. The summed E-state index contributed by atoms with van der Waals surface area (Å²) in [6.07, 6.45) is 3.81. The van der Waals surface area contributed by atoms with E-state index in [0.29, 0.717) is 6.42 Å². The highest BCUT2D eigenvalue weighted by Gasteiger charge is 2.21. The molecule has 4 nitrogen and oxygen atoms in total. The fourth-order valence-electron chi connectivity index (χ4n) is 8.80. The zero-order valence-electron chi connectivity index (χ0n) is 32.8.